The Bertz CT molecular complexity index is 493. The van der Waals surface area contributed by atoms with Crippen LogP contribution in [0, 0.1) is 17.0 Å². The second-order valence-corrected chi connectivity index (χ2v) is 5.24. The Morgan fingerprint density at radius 1 is 1.37 bits per heavy atom. The summed E-state index contributed by atoms with van der Waals surface area (Å²) >= 11 is 0. The predicted molar refractivity (Wildman–Crippen MR) is 69.7 cm³/mol. The first-order valence-electron chi connectivity index (χ1n) is 6.50. The summed E-state index contributed by atoms with van der Waals surface area (Å²) in [6.07, 6.45) is 4.37. The number of anilines is 1. The maximum atomic E-state index is 13.1. The highest BCUT2D eigenvalue weighted by Gasteiger charge is 2.35. The van der Waals surface area contributed by atoms with Gasteiger partial charge in [0.2, 0.25) is 0 Å². The van der Waals surface area contributed by atoms with Crippen LogP contribution in [0.5, 0.6) is 0 Å². The third-order valence-electron chi connectivity index (χ3n) is 4.13. The Labute approximate surface area is 111 Å². The zero-order chi connectivity index (χ0) is 14.0. The Morgan fingerprint density at radius 2 is 2.00 bits per heavy atom. The molecular formula is C14H18F2N2O. The molecule has 1 aromatic rings. The van der Waals surface area contributed by atoms with Gasteiger partial charge in [-0.25, -0.2) is 8.78 Å². The number of hydrogen-bond acceptors (Lipinski definition) is 2. The van der Waals surface area contributed by atoms with Gasteiger partial charge in [-0.3, -0.25) is 4.79 Å². The number of carbonyl (C=O) groups is 1. The van der Waals surface area contributed by atoms with Crippen molar-refractivity contribution in [1.29, 1.82) is 0 Å². The van der Waals surface area contributed by atoms with Crippen LogP contribution in [0.3, 0.4) is 0 Å². The van der Waals surface area contributed by atoms with E-state index >= 15 is 0 Å². The Hall–Kier alpha value is -1.65. The van der Waals surface area contributed by atoms with Gasteiger partial charge in [-0.05, 0) is 30.7 Å². The van der Waals surface area contributed by atoms with Crippen LogP contribution in [-0.4, -0.2) is 12.5 Å². The molecule has 1 aliphatic carbocycles. The van der Waals surface area contributed by atoms with Crippen molar-refractivity contribution in [3.63, 3.8) is 0 Å². The smallest absolute Gasteiger partial charge is 0.253 e. The molecule has 0 saturated heterocycles. The second-order valence-electron chi connectivity index (χ2n) is 5.24. The first kappa shape index (κ1) is 13.8. The molecule has 2 rings (SSSR count). The summed E-state index contributed by atoms with van der Waals surface area (Å²) in [5, 5.41) is 2.77. The maximum absolute atomic E-state index is 13.1. The van der Waals surface area contributed by atoms with Crippen molar-refractivity contribution in [3.8, 4) is 0 Å². The van der Waals surface area contributed by atoms with E-state index in [-0.39, 0.29) is 16.7 Å². The van der Waals surface area contributed by atoms with Crippen molar-refractivity contribution in [3.05, 3.63) is 29.3 Å². The van der Waals surface area contributed by atoms with Crippen LogP contribution in [-0.2, 0) is 0 Å². The Balaban J connectivity index is 2.06. The average molecular weight is 268 g/mol. The van der Waals surface area contributed by atoms with E-state index in [0.29, 0.717) is 6.54 Å². The summed E-state index contributed by atoms with van der Waals surface area (Å²) < 4.78 is 26.1. The maximum Gasteiger partial charge on any atom is 0.253 e. The van der Waals surface area contributed by atoms with Gasteiger partial charge in [-0.1, -0.05) is 13.3 Å². The molecule has 1 aromatic carbocycles. The van der Waals surface area contributed by atoms with Crippen molar-refractivity contribution in [2.24, 2.45) is 5.41 Å². The zero-order valence-electron chi connectivity index (χ0n) is 10.9. The number of nitrogen functional groups attached to an aromatic ring is 1. The quantitative estimate of drug-likeness (QED) is 0.825. The van der Waals surface area contributed by atoms with Crippen molar-refractivity contribution in [2.45, 2.75) is 32.6 Å². The lowest BCUT2D eigenvalue weighted by atomic mass is 9.67. The molecule has 3 N–H and O–H groups in total. The van der Waals surface area contributed by atoms with E-state index < -0.39 is 17.5 Å². The van der Waals surface area contributed by atoms with Crippen LogP contribution in [0.25, 0.3) is 0 Å². The van der Waals surface area contributed by atoms with Crippen molar-refractivity contribution in [1.82, 2.24) is 5.32 Å². The summed E-state index contributed by atoms with van der Waals surface area (Å²) in [7, 11) is 0. The molecule has 1 aliphatic rings. The Kier molecular flexibility index (Phi) is 3.73. The van der Waals surface area contributed by atoms with Gasteiger partial charge < -0.3 is 11.1 Å². The van der Waals surface area contributed by atoms with E-state index in [9.17, 15) is 13.6 Å². The molecular weight excluding hydrogens is 250 g/mol. The van der Waals surface area contributed by atoms with E-state index in [4.69, 9.17) is 5.73 Å². The number of nitrogens with two attached hydrogens (primary N) is 1. The number of carbonyl (C=O) groups excluding carboxylic acids is 1. The monoisotopic (exact) mass is 268 g/mol. The lowest BCUT2D eigenvalue weighted by Gasteiger charge is -2.41. The number of hydrogen-bond donors (Lipinski definition) is 2. The summed E-state index contributed by atoms with van der Waals surface area (Å²) in [5.74, 6) is -2.55. The topological polar surface area (TPSA) is 55.1 Å². The van der Waals surface area contributed by atoms with Crippen molar-refractivity contribution < 1.29 is 13.6 Å². The fraction of sp³-hybridized carbons (Fsp3) is 0.500. The van der Waals surface area contributed by atoms with Gasteiger partial charge in [0.05, 0.1) is 5.56 Å². The third kappa shape index (κ3) is 2.69. The van der Waals surface area contributed by atoms with Gasteiger partial charge in [0.1, 0.15) is 0 Å². The molecule has 104 valence electrons. The zero-order valence-corrected chi connectivity index (χ0v) is 10.9. The minimum atomic E-state index is -1.06. The summed E-state index contributed by atoms with van der Waals surface area (Å²) in [6.45, 7) is 2.65. The molecule has 19 heavy (non-hydrogen) atoms. The molecule has 0 atom stereocenters. The van der Waals surface area contributed by atoms with Gasteiger partial charge in [0, 0.05) is 18.3 Å². The third-order valence-corrected chi connectivity index (χ3v) is 4.13. The molecule has 0 bridgehead atoms. The molecule has 0 unspecified atom stereocenters. The summed E-state index contributed by atoms with van der Waals surface area (Å²) in [5.41, 5.74) is 5.66. The normalized spacial score (nSPS) is 16.8. The Morgan fingerprint density at radius 3 is 2.53 bits per heavy atom. The predicted octanol–water partition coefficient (Wildman–Crippen LogP) is 2.86. The van der Waals surface area contributed by atoms with Crippen molar-refractivity contribution >= 4 is 11.6 Å². The number of amides is 1. The van der Waals surface area contributed by atoms with Gasteiger partial charge in [0.15, 0.2) is 11.6 Å². The minimum absolute atomic E-state index is 0.00974. The van der Waals surface area contributed by atoms with Crippen LogP contribution in [0.1, 0.15) is 43.0 Å². The summed E-state index contributed by atoms with van der Waals surface area (Å²) in [6, 6.07) is 1.68. The number of rotatable bonds is 4. The number of nitrogens with one attached hydrogen (secondary N) is 1. The standard InChI is InChI=1S/C14H18F2N2O/c1-2-14(4-3-5-14)8-18-13(19)9-6-10(15)11(16)7-12(9)17/h6-7H,2-5,8,17H2,1H3,(H,18,19). The molecule has 1 amide bonds. The van der Waals surface area contributed by atoms with E-state index in [2.05, 4.69) is 12.2 Å². The minimum Gasteiger partial charge on any atom is -0.398 e. The SMILES string of the molecule is CCC1(CNC(=O)c2cc(F)c(F)cc2N)CCC1. The fourth-order valence-corrected chi connectivity index (χ4v) is 2.45. The number of benzene rings is 1. The van der Waals surface area contributed by atoms with E-state index in [1.165, 1.54) is 6.42 Å². The molecule has 5 heteroatoms. The molecule has 0 aliphatic heterocycles. The lowest BCUT2D eigenvalue weighted by molar-refractivity contribution is 0.0850. The first-order valence-corrected chi connectivity index (χ1v) is 6.50. The highest BCUT2D eigenvalue weighted by molar-refractivity contribution is 5.99. The highest BCUT2D eigenvalue weighted by atomic mass is 19.2. The molecule has 1 saturated carbocycles. The second kappa shape index (κ2) is 5.15. The van der Waals surface area contributed by atoms with Gasteiger partial charge in [0.25, 0.3) is 5.91 Å². The molecule has 0 spiro atoms. The fourth-order valence-electron chi connectivity index (χ4n) is 2.45. The lowest BCUT2D eigenvalue weighted by Crippen LogP contribution is -2.41. The van der Waals surface area contributed by atoms with E-state index in [0.717, 1.165) is 31.4 Å². The molecule has 0 aromatic heterocycles. The molecule has 0 heterocycles. The van der Waals surface area contributed by atoms with Crippen LogP contribution in [0.15, 0.2) is 12.1 Å². The largest absolute Gasteiger partial charge is 0.398 e. The van der Waals surface area contributed by atoms with Gasteiger partial charge in [-0.15, -0.1) is 0 Å². The molecule has 3 nitrogen and oxygen atoms in total. The van der Waals surface area contributed by atoms with Gasteiger partial charge >= 0.3 is 0 Å². The summed E-state index contributed by atoms with van der Waals surface area (Å²) in [4.78, 5) is 12.0. The number of halogens is 2. The molecule has 1 fully saturated rings. The van der Waals surface area contributed by atoms with Crippen LogP contribution in [0.4, 0.5) is 14.5 Å². The van der Waals surface area contributed by atoms with Gasteiger partial charge in [-0.2, -0.15) is 0 Å². The van der Waals surface area contributed by atoms with E-state index in [1.807, 2.05) is 0 Å². The highest BCUT2D eigenvalue weighted by Crippen LogP contribution is 2.43. The van der Waals surface area contributed by atoms with E-state index in [1.54, 1.807) is 0 Å². The molecule has 0 radical (unpaired) electrons. The van der Waals surface area contributed by atoms with Crippen LogP contribution in [0.2, 0.25) is 0 Å². The van der Waals surface area contributed by atoms with Crippen LogP contribution >= 0.6 is 0 Å². The average Bonchev–Trinajstić information content (AvgIpc) is 2.32. The van der Waals surface area contributed by atoms with Crippen molar-refractivity contribution in [2.75, 3.05) is 12.3 Å². The first-order chi connectivity index (χ1) is 8.97. The van der Waals surface area contributed by atoms with Crippen LogP contribution < -0.4 is 11.1 Å².